The van der Waals surface area contributed by atoms with Crippen molar-refractivity contribution in [3.8, 4) is 0 Å². The second kappa shape index (κ2) is 6.37. The molecule has 3 aliphatic rings. The standard InChI is InChI=1S/C17H23N4O3/c1-17(13-6-4-3-5-7-13)15(23)21(16(24)20(17)2)10-14(22)12-8-18-11-19-9-12/h8-9,11,13,18H,3-7,10H2,1-2H3. The molecule has 3 amide bonds. The molecule has 0 aromatic heterocycles. The van der Waals surface area contributed by atoms with E-state index in [0.717, 1.165) is 30.6 Å². The smallest absolute Gasteiger partial charge is 0.327 e. The molecule has 3 rings (SSSR count). The predicted molar refractivity (Wildman–Crippen MR) is 88.9 cm³/mol. The number of nitrogens with one attached hydrogen (secondary N) is 1. The number of ketones is 1. The third-order valence-electron chi connectivity index (χ3n) is 5.52. The van der Waals surface area contributed by atoms with E-state index in [-0.39, 0.29) is 24.2 Å². The highest BCUT2D eigenvalue weighted by molar-refractivity contribution is 6.17. The summed E-state index contributed by atoms with van der Waals surface area (Å²) in [4.78, 5) is 44.4. The lowest BCUT2D eigenvalue weighted by molar-refractivity contribution is -0.137. The Morgan fingerprint density at radius 1 is 1.33 bits per heavy atom. The van der Waals surface area contributed by atoms with Crippen LogP contribution in [0.15, 0.2) is 16.8 Å². The molecule has 1 atom stereocenters. The first-order valence-corrected chi connectivity index (χ1v) is 8.40. The maximum Gasteiger partial charge on any atom is 0.327 e. The highest BCUT2D eigenvalue weighted by atomic mass is 16.2. The number of Topliss-reactive ketones (excluding diaryl/α,β-unsaturated/α-hetero) is 1. The summed E-state index contributed by atoms with van der Waals surface area (Å²) in [6.07, 6.45) is 8.18. The zero-order valence-electron chi connectivity index (χ0n) is 14.1. The Hall–Kier alpha value is -2.18. The van der Waals surface area contributed by atoms with Crippen LogP contribution in [0.1, 0.15) is 39.0 Å². The summed E-state index contributed by atoms with van der Waals surface area (Å²) >= 11 is 0. The molecule has 1 radical (unpaired) electrons. The van der Waals surface area contributed by atoms with Gasteiger partial charge in [0, 0.05) is 19.5 Å². The highest BCUT2D eigenvalue weighted by Crippen LogP contribution is 2.40. The maximum absolute atomic E-state index is 13.0. The van der Waals surface area contributed by atoms with Crippen molar-refractivity contribution in [2.75, 3.05) is 13.6 Å². The van der Waals surface area contributed by atoms with Crippen LogP contribution in [0.3, 0.4) is 0 Å². The van der Waals surface area contributed by atoms with Crippen LogP contribution < -0.4 is 5.32 Å². The van der Waals surface area contributed by atoms with Gasteiger partial charge >= 0.3 is 6.03 Å². The first-order chi connectivity index (χ1) is 11.5. The zero-order chi connectivity index (χ0) is 17.3. The van der Waals surface area contributed by atoms with Gasteiger partial charge in [-0.25, -0.2) is 4.79 Å². The molecule has 1 unspecified atom stereocenters. The minimum atomic E-state index is -0.848. The highest BCUT2D eigenvalue weighted by Gasteiger charge is 2.56. The predicted octanol–water partition coefficient (Wildman–Crippen LogP) is 1.47. The van der Waals surface area contributed by atoms with Crippen molar-refractivity contribution in [1.29, 1.82) is 0 Å². The molecule has 1 aliphatic carbocycles. The van der Waals surface area contributed by atoms with Gasteiger partial charge in [0.1, 0.15) is 5.54 Å². The minimum Gasteiger partial charge on any atom is -0.366 e. The first kappa shape index (κ1) is 16.7. The molecule has 1 N–H and O–H groups in total. The Kier molecular flexibility index (Phi) is 4.43. The molecule has 7 heteroatoms. The molecule has 0 spiro atoms. The number of carbonyl (C=O) groups is 3. The molecule has 1 saturated carbocycles. The average molecular weight is 331 g/mol. The number of carbonyl (C=O) groups excluding carboxylic acids is 3. The molecular formula is C17H23N4O3. The molecular weight excluding hydrogens is 308 g/mol. The lowest BCUT2D eigenvalue weighted by atomic mass is 9.75. The Morgan fingerprint density at radius 2 is 2.04 bits per heavy atom. The summed E-state index contributed by atoms with van der Waals surface area (Å²) in [7, 11) is 1.66. The van der Waals surface area contributed by atoms with Gasteiger partial charge in [0.15, 0.2) is 12.5 Å². The monoisotopic (exact) mass is 331 g/mol. The Labute approximate surface area is 141 Å². The normalized spacial score (nSPS) is 28.2. The number of likely N-dealkylation sites (N-methyl/N-ethyl adjacent to an activating group) is 1. The van der Waals surface area contributed by atoms with E-state index in [4.69, 9.17) is 0 Å². The summed E-state index contributed by atoms with van der Waals surface area (Å²) in [5, 5.41) is 2.74. The summed E-state index contributed by atoms with van der Waals surface area (Å²) < 4.78 is 0. The number of rotatable bonds is 4. The first-order valence-electron chi connectivity index (χ1n) is 8.40. The largest absolute Gasteiger partial charge is 0.366 e. The van der Waals surface area contributed by atoms with Crippen LogP contribution in [0.5, 0.6) is 0 Å². The van der Waals surface area contributed by atoms with E-state index in [1.807, 2.05) is 6.92 Å². The van der Waals surface area contributed by atoms with Crippen molar-refractivity contribution >= 4 is 23.9 Å². The van der Waals surface area contributed by atoms with Crippen LogP contribution in [0.2, 0.25) is 0 Å². The van der Waals surface area contributed by atoms with E-state index >= 15 is 0 Å². The number of aliphatic imine (C=N–C) groups is 1. The number of urea groups is 1. The summed E-state index contributed by atoms with van der Waals surface area (Å²) in [5.74, 6) is -0.412. The third kappa shape index (κ3) is 2.61. The molecule has 0 aromatic carbocycles. The van der Waals surface area contributed by atoms with E-state index < -0.39 is 11.6 Å². The molecule has 2 heterocycles. The van der Waals surface area contributed by atoms with E-state index in [1.54, 1.807) is 7.05 Å². The van der Waals surface area contributed by atoms with Crippen LogP contribution in [0, 0.1) is 12.6 Å². The molecule has 1 saturated heterocycles. The number of hydrogen-bond acceptors (Lipinski definition) is 5. The van der Waals surface area contributed by atoms with E-state index in [1.165, 1.54) is 30.4 Å². The molecule has 24 heavy (non-hydrogen) atoms. The maximum atomic E-state index is 13.0. The summed E-state index contributed by atoms with van der Waals surface area (Å²) in [6, 6.07) is -0.394. The van der Waals surface area contributed by atoms with Crippen LogP contribution >= 0.6 is 0 Å². The topological polar surface area (TPSA) is 82.1 Å². The fourth-order valence-electron chi connectivity index (χ4n) is 3.85. The molecule has 0 aromatic rings. The number of hydrogen-bond donors (Lipinski definition) is 1. The zero-order valence-corrected chi connectivity index (χ0v) is 14.1. The third-order valence-corrected chi connectivity index (χ3v) is 5.52. The Morgan fingerprint density at radius 3 is 2.67 bits per heavy atom. The molecule has 129 valence electrons. The second-order valence-electron chi connectivity index (χ2n) is 6.81. The SMILES string of the molecule is CN1C(=O)N(CC(=O)C2=CN[CH]N=C2)C(=O)C1(C)C1CCCCC1. The van der Waals surface area contributed by atoms with Crippen molar-refractivity contribution < 1.29 is 14.4 Å². The van der Waals surface area contributed by atoms with Crippen molar-refractivity contribution in [3.63, 3.8) is 0 Å². The lowest BCUT2D eigenvalue weighted by Gasteiger charge is -2.38. The number of amides is 3. The van der Waals surface area contributed by atoms with Crippen molar-refractivity contribution in [3.05, 3.63) is 18.4 Å². The van der Waals surface area contributed by atoms with Gasteiger partial charge in [-0.05, 0) is 25.7 Å². The van der Waals surface area contributed by atoms with Gasteiger partial charge < -0.3 is 10.2 Å². The van der Waals surface area contributed by atoms with E-state index in [0.29, 0.717) is 5.57 Å². The molecule has 0 bridgehead atoms. The minimum absolute atomic E-state index is 0.152. The number of imide groups is 1. The van der Waals surface area contributed by atoms with Gasteiger partial charge in [-0.3, -0.25) is 19.5 Å². The van der Waals surface area contributed by atoms with Gasteiger partial charge in [-0.2, -0.15) is 0 Å². The summed E-state index contributed by atoms with van der Waals surface area (Å²) in [6.45, 7) is 3.05. The van der Waals surface area contributed by atoms with Crippen LogP contribution in [0.25, 0.3) is 0 Å². The van der Waals surface area contributed by atoms with E-state index in [2.05, 4.69) is 10.3 Å². The van der Waals surface area contributed by atoms with Gasteiger partial charge in [0.2, 0.25) is 0 Å². The Bertz CT molecular complexity index is 621. The van der Waals surface area contributed by atoms with Gasteiger partial charge in [0.25, 0.3) is 5.91 Å². The molecule has 7 nitrogen and oxygen atoms in total. The molecule has 2 aliphatic heterocycles. The number of nitrogens with zero attached hydrogens (tertiary/aromatic N) is 3. The Balaban J connectivity index is 1.78. The molecule has 2 fully saturated rings. The lowest BCUT2D eigenvalue weighted by Crippen LogP contribution is -2.52. The average Bonchev–Trinajstić information content (AvgIpc) is 2.79. The van der Waals surface area contributed by atoms with Crippen LogP contribution in [-0.2, 0) is 9.59 Å². The van der Waals surface area contributed by atoms with Crippen molar-refractivity contribution in [2.45, 2.75) is 44.6 Å². The van der Waals surface area contributed by atoms with Crippen molar-refractivity contribution in [1.82, 2.24) is 15.1 Å². The van der Waals surface area contributed by atoms with E-state index in [9.17, 15) is 14.4 Å². The fourth-order valence-corrected chi connectivity index (χ4v) is 3.85. The van der Waals surface area contributed by atoms with Gasteiger partial charge in [-0.1, -0.05) is 19.3 Å². The second-order valence-corrected chi connectivity index (χ2v) is 6.81. The van der Waals surface area contributed by atoms with Gasteiger partial charge in [0.05, 0.1) is 12.1 Å². The van der Waals surface area contributed by atoms with Gasteiger partial charge in [-0.15, -0.1) is 0 Å². The van der Waals surface area contributed by atoms with Crippen molar-refractivity contribution in [2.24, 2.45) is 10.9 Å². The van der Waals surface area contributed by atoms with Crippen LogP contribution in [0.4, 0.5) is 4.79 Å². The quantitative estimate of drug-likeness (QED) is 0.791. The fraction of sp³-hybridized carbons (Fsp3) is 0.588. The van der Waals surface area contributed by atoms with Crippen LogP contribution in [-0.4, -0.2) is 52.9 Å². The summed E-state index contributed by atoms with van der Waals surface area (Å²) in [5.41, 5.74) is -0.495.